The molecule has 0 unspecified atom stereocenters. The normalized spacial score (nSPS) is 11.0. The first-order valence-corrected chi connectivity index (χ1v) is 7.38. The third kappa shape index (κ3) is 3.48. The Morgan fingerprint density at radius 1 is 1.41 bits per heavy atom. The van der Waals surface area contributed by atoms with Crippen molar-refractivity contribution in [3.05, 3.63) is 40.3 Å². The van der Waals surface area contributed by atoms with Crippen molar-refractivity contribution < 1.29 is 5.11 Å². The Morgan fingerprint density at radius 2 is 2.24 bits per heavy atom. The number of phenols is 1. The molecule has 0 fully saturated rings. The molecule has 17 heavy (non-hydrogen) atoms. The number of phenolic OH excluding ortho intramolecular Hbond substituents is 1. The Balaban J connectivity index is 1.97. The summed E-state index contributed by atoms with van der Waals surface area (Å²) in [7, 11) is 0. The second kappa shape index (κ2) is 5.56. The van der Waals surface area contributed by atoms with E-state index in [0.29, 0.717) is 11.7 Å². The number of rotatable bonds is 4. The first-order valence-electron chi connectivity index (χ1n) is 5.51. The van der Waals surface area contributed by atoms with E-state index in [9.17, 15) is 5.11 Å². The summed E-state index contributed by atoms with van der Waals surface area (Å²) in [5, 5.41) is 12.7. The molecule has 0 saturated carbocycles. The summed E-state index contributed by atoms with van der Waals surface area (Å²) in [5.41, 5.74) is 1.12. The molecule has 0 spiro atoms. The van der Waals surface area contributed by atoms with Gasteiger partial charge in [-0.1, -0.05) is 19.9 Å². The first kappa shape index (κ1) is 12.5. The van der Waals surface area contributed by atoms with Crippen LogP contribution in [0.3, 0.4) is 0 Å². The number of thioether (sulfide) groups is 1. The molecule has 2 nitrogen and oxygen atoms in total. The largest absolute Gasteiger partial charge is 0.508 e. The maximum Gasteiger partial charge on any atom is 0.116 e. The highest BCUT2D eigenvalue weighted by Gasteiger charge is 2.06. The van der Waals surface area contributed by atoms with Crippen LogP contribution in [-0.2, 0) is 5.75 Å². The zero-order valence-corrected chi connectivity index (χ0v) is 11.5. The SMILES string of the molecule is CC(C)c1nc(CSc2cccc(O)c2)cs1. The lowest BCUT2D eigenvalue weighted by Crippen LogP contribution is -1.87. The van der Waals surface area contributed by atoms with E-state index in [2.05, 4.69) is 24.2 Å². The molecular formula is C13H15NOS2. The summed E-state index contributed by atoms with van der Waals surface area (Å²) < 4.78 is 0. The maximum absolute atomic E-state index is 9.36. The minimum Gasteiger partial charge on any atom is -0.508 e. The molecule has 1 N–H and O–H groups in total. The van der Waals surface area contributed by atoms with Gasteiger partial charge in [0.25, 0.3) is 0 Å². The number of thiazole rings is 1. The van der Waals surface area contributed by atoms with E-state index < -0.39 is 0 Å². The molecule has 2 rings (SSSR count). The van der Waals surface area contributed by atoms with E-state index in [0.717, 1.165) is 16.3 Å². The minimum absolute atomic E-state index is 0.316. The van der Waals surface area contributed by atoms with Crippen molar-refractivity contribution in [1.82, 2.24) is 4.98 Å². The van der Waals surface area contributed by atoms with E-state index >= 15 is 0 Å². The van der Waals surface area contributed by atoms with Crippen molar-refractivity contribution in [3.8, 4) is 5.75 Å². The average Bonchev–Trinajstić information content (AvgIpc) is 2.75. The Kier molecular flexibility index (Phi) is 4.07. The van der Waals surface area contributed by atoms with Gasteiger partial charge < -0.3 is 5.11 Å². The highest BCUT2D eigenvalue weighted by molar-refractivity contribution is 7.98. The highest BCUT2D eigenvalue weighted by Crippen LogP contribution is 2.27. The molecule has 1 aromatic carbocycles. The molecule has 0 radical (unpaired) electrons. The molecule has 90 valence electrons. The van der Waals surface area contributed by atoms with Crippen molar-refractivity contribution in [2.45, 2.75) is 30.4 Å². The number of aromatic hydroxyl groups is 1. The summed E-state index contributed by atoms with van der Waals surface area (Å²) in [5.74, 6) is 1.67. The maximum atomic E-state index is 9.36. The van der Waals surface area contributed by atoms with Gasteiger partial charge in [0.2, 0.25) is 0 Å². The van der Waals surface area contributed by atoms with Crippen LogP contribution in [-0.4, -0.2) is 10.1 Å². The van der Waals surface area contributed by atoms with E-state index in [1.54, 1.807) is 35.2 Å². The topological polar surface area (TPSA) is 33.1 Å². The van der Waals surface area contributed by atoms with Crippen LogP contribution in [0.2, 0.25) is 0 Å². The molecule has 1 aromatic heterocycles. The fourth-order valence-electron chi connectivity index (χ4n) is 1.38. The summed E-state index contributed by atoms with van der Waals surface area (Å²) in [6.07, 6.45) is 0. The Bertz CT molecular complexity index is 494. The molecule has 0 aliphatic rings. The molecule has 0 amide bonds. The first-order chi connectivity index (χ1) is 8.15. The van der Waals surface area contributed by atoms with Crippen molar-refractivity contribution in [2.24, 2.45) is 0 Å². The zero-order valence-electron chi connectivity index (χ0n) is 9.88. The number of hydrogen-bond donors (Lipinski definition) is 1. The van der Waals surface area contributed by atoms with E-state index in [1.807, 2.05) is 12.1 Å². The highest BCUT2D eigenvalue weighted by atomic mass is 32.2. The minimum atomic E-state index is 0.316. The van der Waals surface area contributed by atoms with Crippen molar-refractivity contribution in [1.29, 1.82) is 0 Å². The molecule has 0 bridgehead atoms. The van der Waals surface area contributed by atoms with Crippen molar-refractivity contribution in [3.63, 3.8) is 0 Å². The van der Waals surface area contributed by atoms with Crippen molar-refractivity contribution >= 4 is 23.1 Å². The second-order valence-electron chi connectivity index (χ2n) is 4.12. The fourth-order valence-corrected chi connectivity index (χ4v) is 3.17. The van der Waals surface area contributed by atoms with Crippen LogP contribution < -0.4 is 0 Å². The molecule has 0 aliphatic carbocycles. The second-order valence-corrected chi connectivity index (χ2v) is 6.06. The molecule has 4 heteroatoms. The summed E-state index contributed by atoms with van der Waals surface area (Å²) >= 11 is 3.42. The van der Waals surface area contributed by atoms with Gasteiger partial charge in [0.15, 0.2) is 0 Å². The quantitative estimate of drug-likeness (QED) is 0.838. The van der Waals surface area contributed by atoms with Gasteiger partial charge in [-0.25, -0.2) is 4.98 Å². The van der Waals surface area contributed by atoms with Gasteiger partial charge in [0, 0.05) is 21.9 Å². The monoisotopic (exact) mass is 265 g/mol. The lowest BCUT2D eigenvalue weighted by atomic mass is 10.2. The van der Waals surface area contributed by atoms with Gasteiger partial charge in [-0.2, -0.15) is 0 Å². The van der Waals surface area contributed by atoms with E-state index in [1.165, 1.54) is 5.01 Å². The van der Waals surface area contributed by atoms with Gasteiger partial charge in [-0.15, -0.1) is 23.1 Å². The molecule has 2 aromatic rings. The Morgan fingerprint density at radius 3 is 2.88 bits per heavy atom. The van der Waals surface area contributed by atoms with Gasteiger partial charge in [-0.05, 0) is 18.2 Å². The van der Waals surface area contributed by atoms with Gasteiger partial charge >= 0.3 is 0 Å². The molecule has 1 heterocycles. The Hall–Kier alpha value is -1.000. The molecule has 0 saturated heterocycles. The van der Waals surface area contributed by atoms with Crippen LogP contribution >= 0.6 is 23.1 Å². The fraction of sp³-hybridized carbons (Fsp3) is 0.308. The van der Waals surface area contributed by atoms with Crippen LogP contribution in [0.15, 0.2) is 34.5 Å². The Labute approximate surface area is 110 Å². The van der Waals surface area contributed by atoms with Gasteiger partial charge in [0.05, 0.1) is 10.7 Å². The van der Waals surface area contributed by atoms with Crippen LogP contribution in [0.1, 0.15) is 30.5 Å². The summed E-state index contributed by atoms with van der Waals surface area (Å²) in [6, 6.07) is 7.32. The number of hydrogen-bond acceptors (Lipinski definition) is 4. The van der Waals surface area contributed by atoms with Gasteiger partial charge in [0.1, 0.15) is 5.75 Å². The van der Waals surface area contributed by atoms with Crippen LogP contribution in [0.5, 0.6) is 5.75 Å². The zero-order chi connectivity index (χ0) is 12.3. The number of benzene rings is 1. The number of aromatic nitrogens is 1. The predicted molar refractivity (Wildman–Crippen MR) is 73.9 cm³/mol. The molecule has 0 aliphatic heterocycles. The van der Waals surface area contributed by atoms with E-state index in [-0.39, 0.29) is 0 Å². The lowest BCUT2D eigenvalue weighted by Gasteiger charge is -2.00. The predicted octanol–water partition coefficient (Wildman–Crippen LogP) is 4.26. The van der Waals surface area contributed by atoms with Crippen LogP contribution in [0.25, 0.3) is 0 Å². The van der Waals surface area contributed by atoms with Crippen molar-refractivity contribution in [2.75, 3.05) is 0 Å². The third-order valence-electron chi connectivity index (χ3n) is 2.27. The standard InChI is InChI=1S/C13H15NOS2/c1-9(2)13-14-10(8-17-13)7-16-12-5-3-4-11(15)6-12/h3-6,8-9,15H,7H2,1-2H3. The molecule has 0 atom stereocenters. The molecular weight excluding hydrogens is 250 g/mol. The smallest absolute Gasteiger partial charge is 0.116 e. The van der Waals surface area contributed by atoms with Crippen LogP contribution in [0.4, 0.5) is 0 Å². The van der Waals surface area contributed by atoms with E-state index in [4.69, 9.17) is 0 Å². The summed E-state index contributed by atoms with van der Waals surface area (Å²) in [4.78, 5) is 5.66. The van der Waals surface area contributed by atoms with Crippen LogP contribution in [0, 0.1) is 0 Å². The lowest BCUT2D eigenvalue weighted by molar-refractivity contribution is 0.474. The van der Waals surface area contributed by atoms with Gasteiger partial charge in [-0.3, -0.25) is 0 Å². The average molecular weight is 265 g/mol. The number of nitrogens with zero attached hydrogens (tertiary/aromatic N) is 1. The summed E-state index contributed by atoms with van der Waals surface area (Å²) in [6.45, 7) is 4.32. The third-order valence-corrected chi connectivity index (χ3v) is 4.49.